The SMILES string of the molecule is COc1ccccc1CNc1ccnc(Nc2cc(C)ccc2OC)n1. The maximum absolute atomic E-state index is 5.39. The van der Waals surface area contributed by atoms with Crippen LogP contribution in [0.3, 0.4) is 0 Å². The molecule has 0 aliphatic rings. The van der Waals surface area contributed by atoms with Crippen molar-refractivity contribution in [2.45, 2.75) is 13.5 Å². The van der Waals surface area contributed by atoms with E-state index in [0.717, 1.165) is 34.1 Å². The van der Waals surface area contributed by atoms with Crippen LogP contribution in [-0.2, 0) is 6.54 Å². The lowest BCUT2D eigenvalue weighted by molar-refractivity contribution is 0.410. The molecule has 0 radical (unpaired) electrons. The fourth-order valence-corrected chi connectivity index (χ4v) is 2.59. The number of nitrogens with one attached hydrogen (secondary N) is 2. The molecule has 6 nitrogen and oxygen atoms in total. The minimum absolute atomic E-state index is 0.499. The summed E-state index contributed by atoms with van der Waals surface area (Å²) in [5.41, 5.74) is 3.01. The molecule has 0 saturated carbocycles. The molecule has 6 heteroatoms. The molecule has 26 heavy (non-hydrogen) atoms. The highest BCUT2D eigenvalue weighted by atomic mass is 16.5. The maximum Gasteiger partial charge on any atom is 0.229 e. The van der Waals surface area contributed by atoms with Gasteiger partial charge in [0.15, 0.2) is 0 Å². The Hall–Kier alpha value is -3.28. The van der Waals surface area contributed by atoms with Crippen molar-refractivity contribution in [2.75, 3.05) is 24.9 Å². The molecule has 0 atom stereocenters. The highest BCUT2D eigenvalue weighted by molar-refractivity contribution is 5.64. The van der Waals surface area contributed by atoms with Crippen LogP contribution in [0.1, 0.15) is 11.1 Å². The van der Waals surface area contributed by atoms with Gasteiger partial charge in [0.2, 0.25) is 5.95 Å². The molecule has 0 spiro atoms. The van der Waals surface area contributed by atoms with Crippen LogP contribution >= 0.6 is 0 Å². The monoisotopic (exact) mass is 350 g/mol. The minimum Gasteiger partial charge on any atom is -0.496 e. The van der Waals surface area contributed by atoms with Gasteiger partial charge in [-0.15, -0.1) is 0 Å². The van der Waals surface area contributed by atoms with E-state index in [2.05, 4.69) is 20.6 Å². The highest BCUT2D eigenvalue weighted by Crippen LogP contribution is 2.27. The van der Waals surface area contributed by atoms with Gasteiger partial charge in [-0.3, -0.25) is 0 Å². The normalized spacial score (nSPS) is 10.3. The lowest BCUT2D eigenvalue weighted by atomic mass is 10.2. The second kappa shape index (κ2) is 8.20. The molecule has 2 aromatic carbocycles. The van der Waals surface area contributed by atoms with Gasteiger partial charge in [0.05, 0.1) is 19.9 Å². The molecular formula is C20H22N4O2. The maximum atomic E-state index is 5.39. The van der Waals surface area contributed by atoms with E-state index in [4.69, 9.17) is 9.47 Å². The molecule has 0 fully saturated rings. The van der Waals surface area contributed by atoms with Crippen LogP contribution in [0.4, 0.5) is 17.5 Å². The second-order valence-corrected chi connectivity index (χ2v) is 5.76. The molecule has 0 bridgehead atoms. The third-order valence-corrected chi connectivity index (χ3v) is 3.91. The third kappa shape index (κ3) is 4.22. The smallest absolute Gasteiger partial charge is 0.229 e. The van der Waals surface area contributed by atoms with Crippen molar-refractivity contribution in [1.82, 2.24) is 9.97 Å². The van der Waals surface area contributed by atoms with Crippen molar-refractivity contribution in [1.29, 1.82) is 0 Å². The van der Waals surface area contributed by atoms with Crippen molar-refractivity contribution >= 4 is 17.5 Å². The molecule has 2 N–H and O–H groups in total. The summed E-state index contributed by atoms with van der Waals surface area (Å²) in [6.45, 7) is 2.63. The Morgan fingerprint density at radius 2 is 1.77 bits per heavy atom. The summed E-state index contributed by atoms with van der Waals surface area (Å²) in [6.07, 6.45) is 1.71. The quantitative estimate of drug-likeness (QED) is 0.667. The van der Waals surface area contributed by atoms with Gasteiger partial charge in [-0.2, -0.15) is 4.98 Å². The number of rotatable bonds is 7. The van der Waals surface area contributed by atoms with Gasteiger partial charge in [-0.05, 0) is 36.8 Å². The molecule has 0 aliphatic carbocycles. The first-order valence-electron chi connectivity index (χ1n) is 8.30. The number of aromatic nitrogens is 2. The molecule has 134 valence electrons. The summed E-state index contributed by atoms with van der Waals surface area (Å²) >= 11 is 0. The van der Waals surface area contributed by atoms with Crippen LogP contribution in [0.2, 0.25) is 0 Å². The zero-order valence-electron chi connectivity index (χ0n) is 15.1. The lowest BCUT2D eigenvalue weighted by Gasteiger charge is -2.12. The van der Waals surface area contributed by atoms with Crippen molar-refractivity contribution < 1.29 is 9.47 Å². The summed E-state index contributed by atoms with van der Waals surface area (Å²) in [5.74, 6) is 2.81. The van der Waals surface area contributed by atoms with Gasteiger partial charge in [-0.1, -0.05) is 24.3 Å². The predicted molar refractivity (Wildman–Crippen MR) is 103 cm³/mol. The first kappa shape index (κ1) is 17.5. The molecule has 1 aromatic heterocycles. The van der Waals surface area contributed by atoms with E-state index < -0.39 is 0 Å². The summed E-state index contributed by atoms with van der Waals surface area (Å²) in [6, 6.07) is 15.6. The van der Waals surface area contributed by atoms with E-state index in [9.17, 15) is 0 Å². The third-order valence-electron chi connectivity index (χ3n) is 3.91. The fraction of sp³-hybridized carbons (Fsp3) is 0.200. The van der Waals surface area contributed by atoms with Crippen LogP contribution in [0, 0.1) is 6.92 Å². The predicted octanol–water partition coefficient (Wildman–Crippen LogP) is 4.16. The number of anilines is 3. The summed E-state index contributed by atoms with van der Waals surface area (Å²) < 4.78 is 10.8. The average molecular weight is 350 g/mol. The summed E-state index contributed by atoms with van der Waals surface area (Å²) in [4.78, 5) is 8.80. The molecular weight excluding hydrogens is 328 g/mol. The molecule has 0 saturated heterocycles. The minimum atomic E-state index is 0.499. The zero-order chi connectivity index (χ0) is 18.4. The molecule has 1 heterocycles. The van der Waals surface area contributed by atoms with Gasteiger partial charge in [0.1, 0.15) is 17.3 Å². The largest absolute Gasteiger partial charge is 0.496 e. The van der Waals surface area contributed by atoms with E-state index >= 15 is 0 Å². The number of ether oxygens (including phenoxy) is 2. The Morgan fingerprint density at radius 3 is 2.58 bits per heavy atom. The van der Waals surface area contributed by atoms with Crippen molar-refractivity contribution in [3.8, 4) is 11.5 Å². The number of aryl methyl sites for hydroxylation is 1. The Morgan fingerprint density at radius 1 is 0.962 bits per heavy atom. The Labute approximate surface area is 153 Å². The standard InChI is InChI=1S/C20H22N4O2/c1-14-8-9-18(26-3)16(12-14)23-20-21-11-10-19(24-20)22-13-15-6-4-5-7-17(15)25-2/h4-12H,13H2,1-3H3,(H2,21,22,23,24). The number of nitrogens with zero attached hydrogens (tertiary/aromatic N) is 2. The lowest BCUT2D eigenvalue weighted by Crippen LogP contribution is -2.05. The summed E-state index contributed by atoms with van der Waals surface area (Å²) in [7, 11) is 3.31. The number of methoxy groups -OCH3 is 2. The Bertz CT molecular complexity index is 883. The zero-order valence-corrected chi connectivity index (χ0v) is 15.1. The van der Waals surface area contributed by atoms with Crippen molar-refractivity contribution in [3.63, 3.8) is 0 Å². The molecule has 3 rings (SSSR count). The number of hydrogen-bond donors (Lipinski definition) is 2. The Balaban J connectivity index is 1.73. The van der Waals surface area contributed by atoms with Gasteiger partial charge in [-0.25, -0.2) is 4.98 Å². The first-order chi connectivity index (χ1) is 12.7. The Kier molecular flexibility index (Phi) is 5.53. The topological polar surface area (TPSA) is 68.3 Å². The summed E-state index contributed by atoms with van der Waals surface area (Å²) in [5, 5.41) is 6.51. The highest BCUT2D eigenvalue weighted by Gasteiger charge is 2.07. The van der Waals surface area contributed by atoms with Crippen LogP contribution in [0.15, 0.2) is 54.7 Å². The average Bonchev–Trinajstić information content (AvgIpc) is 2.67. The van der Waals surface area contributed by atoms with Gasteiger partial charge in [0.25, 0.3) is 0 Å². The van der Waals surface area contributed by atoms with Crippen molar-refractivity contribution in [3.05, 3.63) is 65.9 Å². The second-order valence-electron chi connectivity index (χ2n) is 5.76. The van der Waals surface area contributed by atoms with Gasteiger partial charge in [0, 0.05) is 18.3 Å². The first-order valence-corrected chi connectivity index (χ1v) is 8.30. The van der Waals surface area contributed by atoms with Crippen LogP contribution < -0.4 is 20.1 Å². The number of benzene rings is 2. The van der Waals surface area contributed by atoms with E-state index in [1.807, 2.05) is 55.5 Å². The van der Waals surface area contributed by atoms with E-state index in [-0.39, 0.29) is 0 Å². The van der Waals surface area contributed by atoms with E-state index in [1.165, 1.54) is 0 Å². The van der Waals surface area contributed by atoms with E-state index in [1.54, 1.807) is 20.4 Å². The fourth-order valence-electron chi connectivity index (χ4n) is 2.59. The van der Waals surface area contributed by atoms with Crippen molar-refractivity contribution in [2.24, 2.45) is 0 Å². The van der Waals surface area contributed by atoms with Crippen LogP contribution in [-0.4, -0.2) is 24.2 Å². The molecule has 0 aliphatic heterocycles. The van der Waals surface area contributed by atoms with Gasteiger partial charge >= 0.3 is 0 Å². The molecule has 3 aromatic rings. The molecule has 0 amide bonds. The number of para-hydroxylation sites is 1. The van der Waals surface area contributed by atoms with Gasteiger partial charge < -0.3 is 20.1 Å². The number of hydrogen-bond acceptors (Lipinski definition) is 6. The van der Waals surface area contributed by atoms with Crippen LogP contribution in [0.5, 0.6) is 11.5 Å². The van der Waals surface area contributed by atoms with Crippen LogP contribution in [0.25, 0.3) is 0 Å². The molecule has 0 unspecified atom stereocenters. The van der Waals surface area contributed by atoms with E-state index in [0.29, 0.717) is 12.5 Å².